The first kappa shape index (κ1) is 19.6. The van der Waals surface area contributed by atoms with Gasteiger partial charge in [0, 0.05) is 31.4 Å². The van der Waals surface area contributed by atoms with Crippen molar-refractivity contribution in [2.24, 2.45) is 0 Å². The van der Waals surface area contributed by atoms with Gasteiger partial charge in [-0.15, -0.1) is 0 Å². The summed E-state index contributed by atoms with van der Waals surface area (Å²) in [5.74, 6) is -0.887. The molecule has 0 atom stereocenters. The number of non-ortho nitro benzene ring substituents is 1. The van der Waals surface area contributed by atoms with E-state index in [1.54, 1.807) is 24.4 Å². The lowest BCUT2D eigenvalue weighted by Gasteiger charge is -2.30. The number of hydrogen-bond acceptors (Lipinski definition) is 5. The van der Waals surface area contributed by atoms with Crippen molar-refractivity contribution in [1.29, 1.82) is 0 Å². The van der Waals surface area contributed by atoms with Crippen molar-refractivity contribution in [3.8, 4) is 5.69 Å². The summed E-state index contributed by atoms with van der Waals surface area (Å²) in [6.45, 7) is 1.73. The Bertz CT molecular complexity index is 1070. The number of carbonyl (C=O) groups excluding carboxylic acids is 1. The fourth-order valence-electron chi connectivity index (χ4n) is 3.52. The zero-order valence-corrected chi connectivity index (χ0v) is 16.1. The van der Waals surface area contributed by atoms with E-state index < -0.39 is 16.6 Å². The van der Waals surface area contributed by atoms with E-state index in [1.807, 2.05) is 0 Å². The predicted molar refractivity (Wildman–Crippen MR) is 111 cm³/mol. The van der Waals surface area contributed by atoms with Crippen LogP contribution in [0.1, 0.15) is 29.8 Å². The van der Waals surface area contributed by atoms with Crippen LogP contribution in [0.15, 0.2) is 54.7 Å². The Morgan fingerprint density at radius 1 is 1.07 bits per heavy atom. The van der Waals surface area contributed by atoms with Crippen molar-refractivity contribution in [2.75, 3.05) is 23.3 Å². The van der Waals surface area contributed by atoms with Gasteiger partial charge >= 0.3 is 0 Å². The van der Waals surface area contributed by atoms with Gasteiger partial charge in [0.1, 0.15) is 5.82 Å². The van der Waals surface area contributed by atoms with Gasteiger partial charge in [0.15, 0.2) is 5.69 Å². The molecule has 0 saturated carbocycles. The van der Waals surface area contributed by atoms with Crippen molar-refractivity contribution in [3.05, 3.63) is 76.4 Å². The Morgan fingerprint density at radius 3 is 2.50 bits per heavy atom. The van der Waals surface area contributed by atoms with E-state index in [4.69, 9.17) is 0 Å². The molecule has 2 heterocycles. The van der Waals surface area contributed by atoms with Crippen LogP contribution in [0.4, 0.5) is 21.5 Å². The molecule has 1 saturated heterocycles. The molecule has 0 spiro atoms. The SMILES string of the molecule is O=C(Nc1cc(F)ccc1N1CCCCC1)c1ccn(-c2ccc([N+](=O)[O-])cc2)n1. The molecule has 0 unspecified atom stereocenters. The van der Waals surface area contributed by atoms with Crippen molar-refractivity contribution < 1.29 is 14.1 Å². The molecule has 154 valence electrons. The Labute approximate surface area is 172 Å². The third kappa shape index (κ3) is 4.14. The second-order valence-corrected chi connectivity index (χ2v) is 7.08. The first-order valence-electron chi connectivity index (χ1n) is 9.67. The van der Waals surface area contributed by atoms with Crippen molar-refractivity contribution >= 4 is 23.0 Å². The van der Waals surface area contributed by atoms with Gasteiger partial charge in [0.05, 0.1) is 22.0 Å². The molecule has 8 nitrogen and oxygen atoms in total. The Morgan fingerprint density at radius 2 is 1.80 bits per heavy atom. The highest BCUT2D eigenvalue weighted by Gasteiger charge is 2.18. The topological polar surface area (TPSA) is 93.3 Å². The third-order valence-corrected chi connectivity index (χ3v) is 5.05. The second kappa shape index (κ2) is 8.32. The first-order chi connectivity index (χ1) is 14.5. The van der Waals surface area contributed by atoms with Crippen LogP contribution in [0.5, 0.6) is 0 Å². The normalized spacial score (nSPS) is 13.8. The number of halogens is 1. The molecule has 9 heteroatoms. The molecular formula is C21H20FN5O3. The number of nitrogens with one attached hydrogen (secondary N) is 1. The average Bonchev–Trinajstić information content (AvgIpc) is 3.25. The Kier molecular flexibility index (Phi) is 5.42. The molecule has 1 amide bonds. The van der Waals surface area contributed by atoms with Crippen molar-refractivity contribution in [1.82, 2.24) is 9.78 Å². The third-order valence-electron chi connectivity index (χ3n) is 5.05. The Balaban J connectivity index is 1.53. The van der Waals surface area contributed by atoms with Gasteiger partial charge in [-0.2, -0.15) is 5.10 Å². The minimum absolute atomic E-state index is 0.0276. The summed E-state index contributed by atoms with van der Waals surface area (Å²) in [5, 5.41) is 17.8. The first-order valence-corrected chi connectivity index (χ1v) is 9.67. The molecule has 1 aliphatic rings. The molecule has 3 aromatic rings. The fraction of sp³-hybridized carbons (Fsp3) is 0.238. The minimum atomic E-state index is -0.481. The van der Waals surface area contributed by atoms with Crippen LogP contribution in [0.3, 0.4) is 0 Å². The molecule has 1 aromatic heterocycles. The zero-order valence-electron chi connectivity index (χ0n) is 16.1. The van der Waals surface area contributed by atoms with E-state index in [0.717, 1.165) is 31.6 Å². The van der Waals surface area contributed by atoms with Crippen LogP contribution in [-0.2, 0) is 0 Å². The summed E-state index contributed by atoms with van der Waals surface area (Å²) in [6, 6.07) is 11.8. The number of anilines is 2. The van der Waals surface area contributed by atoms with E-state index >= 15 is 0 Å². The number of benzene rings is 2. The van der Waals surface area contributed by atoms with Crippen LogP contribution in [0, 0.1) is 15.9 Å². The van der Waals surface area contributed by atoms with E-state index in [2.05, 4.69) is 15.3 Å². The van der Waals surface area contributed by atoms with Crippen LogP contribution < -0.4 is 10.2 Å². The summed E-state index contributed by atoms with van der Waals surface area (Å²) in [7, 11) is 0. The minimum Gasteiger partial charge on any atom is -0.370 e. The predicted octanol–water partition coefficient (Wildman–Crippen LogP) is 4.16. The van der Waals surface area contributed by atoms with Crippen LogP contribution in [0.25, 0.3) is 5.69 Å². The monoisotopic (exact) mass is 409 g/mol. The largest absolute Gasteiger partial charge is 0.370 e. The van der Waals surface area contributed by atoms with E-state index in [0.29, 0.717) is 11.4 Å². The summed E-state index contributed by atoms with van der Waals surface area (Å²) < 4.78 is 15.3. The lowest BCUT2D eigenvalue weighted by Crippen LogP contribution is -2.30. The maximum absolute atomic E-state index is 13.8. The number of nitro groups is 1. The molecule has 2 aromatic carbocycles. The van der Waals surface area contributed by atoms with Crippen LogP contribution in [-0.4, -0.2) is 33.7 Å². The summed E-state index contributed by atoms with van der Waals surface area (Å²) in [5.41, 5.74) is 1.91. The molecule has 1 aliphatic heterocycles. The van der Waals surface area contributed by atoms with Gasteiger partial charge in [0.25, 0.3) is 11.6 Å². The molecule has 1 fully saturated rings. The smallest absolute Gasteiger partial charge is 0.276 e. The lowest BCUT2D eigenvalue weighted by molar-refractivity contribution is -0.384. The maximum Gasteiger partial charge on any atom is 0.276 e. The maximum atomic E-state index is 13.8. The summed E-state index contributed by atoms with van der Waals surface area (Å²) in [4.78, 5) is 25.2. The van der Waals surface area contributed by atoms with Gasteiger partial charge in [0.2, 0.25) is 0 Å². The number of nitrogens with zero attached hydrogens (tertiary/aromatic N) is 4. The molecular weight excluding hydrogens is 389 g/mol. The van der Waals surface area contributed by atoms with E-state index in [-0.39, 0.29) is 11.4 Å². The van der Waals surface area contributed by atoms with Gasteiger partial charge in [-0.05, 0) is 55.7 Å². The summed E-state index contributed by atoms with van der Waals surface area (Å²) in [6.07, 6.45) is 4.88. The molecule has 1 N–H and O–H groups in total. The van der Waals surface area contributed by atoms with Gasteiger partial charge in [-0.3, -0.25) is 14.9 Å². The Hall–Kier alpha value is -3.75. The van der Waals surface area contributed by atoms with Crippen LogP contribution in [0.2, 0.25) is 0 Å². The van der Waals surface area contributed by atoms with E-state index in [1.165, 1.54) is 41.4 Å². The zero-order chi connectivity index (χ0) is 21.1. The standard InChI is InChI=1S/C21H20FN5O3/c22-15-4-9-20(25-11-2-1-3-12-25)19(14-15)23-21(28)18-10-13-26(24-18)16-5-7-17(8-6-16)27(29)30/h4-10,13-14H,1-3,11-12H2,(H,23,28). The highest BCUT2D eigenvalue weighted by atomic mass is 19.1. The highest BCUT2D eigenvalue weighted by Crippen LogP contribution is 2.29. The van der Waals surface area contributed by atoms with Gasteiger partial charge in [-0.1, -0.05) is 0 Å². The molecule has 0 radical (unpaired) electrons. The molecule has 4 rings (SSSR count). The number of aromatic nitrogens is 2. The lowest BCUT2D eigenvalue weighted by atomic mass is 10.1. The number of piperidine rings is 1. The van der Waals surface area contributed by atoms with Crippen LogP contribution >= 0.6 is 0 Å². The number of amides is 1. The van der Waals surface area contributed by atoms with Gasteiger partial charge < -0.3 is 10.2 Å². The van der Waals surface area contributed by atoms with E-state index in [9.17, 15) is 19.3 Å². The van der Waals surface area contributed by atoms with Gasteiger partial charge in [-0.25, -0.2) is 9.07 Å². The fourth-order valence-corrected chi connectivity index (χ4v) is 3.52. The second-order valence-electron chi connectivity index (χ2n) is 7.08. The molecule has 0 aliphatic carbocycles. The van der Waals surface area contributed by atoms with Crippen molar-refractivity contribution in [3.63, 3.8) is 0 Å². The average molecular weight is 409 g/mol. The highest BCUT2D eigenvalue weighted by molar-refractivity contribution is 6.04. The number of carbonyl (C=O) groups is 1. The number of nitro benzene ring substituents is 1. The van der Waals surface area contributed by atoms with Crippen molar-refractivity contribution in [2.45, 2.75) is 19.3 Å². The number of rotatable bonds is 5. The quantitative estimate of drug-likeness (QED) is 0.504. The molecule has 30 heavy (non-hydrogen) atoms. The summed E-state index contributed by atoms with van der Waals surface area (Å²) >= 11 is 0. The molecule has 0 bridgehead atoms. The number of hydrogen-bond donors (Lipinski definition) is 1.